The average molecular weight is 303 g/mol. The number of hydrogen-bond acceptors (Lipinski definition) is 2. The van der Waals surface area contributed by atoms with Crippen LogP contribution in [0.4, 0.5) is 0 Å². The Labute approximate surface area is 112 Å². The number of nitrogens with zero attached hydrogens (tertiary/aromatic N) is 1. The highest BCUT2D eigenvalue weighted by Gasteiger charge is 2.46. The first-order valence-electron chi connectivity index (χ1n) is 6.48. The SMILES string of the molecule is CC1CC(C)(C)C(CN2CC(Br)CC2=O)C1N. The van der Waals surface area contributed by atoms with Gasteiger partial charge >= 0.3 is 0 Å². The molecule has 4 heteroatoms. The number of carbonyl (C=O) groups excluding carboxylic acids is 1. The molecular formula is C13H23BrN2O. The summed E-state index contributed by atoms with van der Waals surface area (Å²) < 4.78 is 0. The monoisotopic (exact) mass is 302 g/mol. The molecule has 1 saturated carbocycles. The molecule has 4 unspecified atom stereocenters. The molecule has 0 aromatic rings. The zero-order chi connectivity index (χ0) is 12.8. The molecule has 0 aromatic carbocycles. The summed E-state index contributed by atoms with van der Waals surface area (Å²) in [6.45, 7) is 8.47. The minimum Gasteiger partial charge on any atom is -0.341 e. The fourth-order valence-electron chi connectivity index (χ4n) is 3.54. The molecule has 0 radical (unpaired) electrons. The van der Waals surface area contributed by atoms with Gasteiger partial charge in [0.05, 0.1) is 0 Å². The number of halogens is 1. The van der Waals surface area contributed by atoms with E-state index in [2.05, 4.69) is 36.7 Å². The number of nitrogens with two attached hydrogens (primary N) is 1. The van der Waals surface area contributed by atoms with Crippen molar-refractivity contribution in [3.05, 3.63) is 0 Å². The largest absolute Gasteiger partial charge is 0.341 e. The van der Waals surface area contributed by atoms with E-state index in [-0.39, 0.29) is 17.4 Å². The highest BCUT2D eigenvalue weighted by atomic mass is 79.9. The third kappa shape index (κ3) is 2.53. The lowest BCUT2D eigenvalue weighted by molar-refractivity contribution is -0.128. The molecule has 1 saturated heterocycles. The third-order valence-corrected chi connectivity index (χ3v) is 5.17. The molecule has 0 aromatic heterocycles. The van der Waals surface area contributed by atoms with Gasteiger partial charge in [-0.3, -0.25) is 4.79 Å². The second-order valence-corrected chi connectivity index (χ2v) is 7.75. The van der Waals surface area contributed by atoms with E-state index >= 15 is 0 Å². The van der Waals surface area contributed by atoms with Crippen molar-refractivity contribution in [2.75, 3.05) is 13.1 Å². The first kappa shape index (κ1) is 13.3. The summed E-state index contributed by atoms with van der Waals surface area (Å²) in [5, 5.41) is 0. The van der Waals surface area contributed by atoms with Gasteiger partial charge in [0, 0.05) is 30.4 Å². The van der Waals surface area contributed by atoms with E-state index < -0.39 is 0 Å². The number of alkyl halides is 1. The van der Waals surface area contributed by atoms with E-state index in [1.165, 1.54) is 6.42 Å². The molecule has 17 heavy (non-hydrogen) atoms. The molecule has 0 bridgehead atoms. The van der Waals surface area contributed by atoms with Crippen molar-refractivity contribution >= 4 is 21.8 Å². The Morgan fingerprint density at radius 3 is 2.59 bits per heavy atom. The van der Waals surface area contributed by atoms with Gasteiger partial charge in [-0.15, -0.1) is 0 Å². The van der Waals surface area contributed by atoms with E-state index in [0.29, 0.717) is 23.1 Å². The second-order valence-electron chi connectivity index (χ2n) is 6.45. The molecule has 3 nitrogen and oxygen atoms in total. The highest BCUT2D eigenvalue weighted by Crippen LogP contribution is 2.45. The van der Waals surface area contributed by atoms with Gasteiger partial charge in [0.1, 0.15) is 0 Å². The lowest BCUT2D eigenvalue weighted by Gasteiger charge is -2.33. The van der Waals surface area contributed by atoms with Crippen molar-refractivity contribution in [1.82, 2.24) is 4.90 Å². The van der Waals surface area contributed by atoms with Crippen LogP contribution in [-0.2, 0) is 4.79 Å². The van der Waals surface area contributed by atoms with Crippen molar-refractivity contribution in [3.63, 3.8) is 0 Å². The Morgan fingerprint density at radius 2 is 2.18 bits per heavy atom. The molecule has 2 N–H and O–H groups in total. The summed E-state index contributed by atoms with van der Waals surface area (Å²) in [7, 11) is 0. The Balaban J connectivity index is 2.05. The van der Waals surface area contributed by atoms with E-state index in [9.17, 15) is 4.79 Å². The maximum atomic E-state index is 11.8. The van der Waals surface area contributed by atoms with Crippen molar-refractivity contribution in [3.8, 4) is 0 Å². The molecule has 0 spiro atoms. The predicted molar refractivity (Wildman–Crippen MR) is 72.9 cm³/mol. The minimum absolute atomic E-state index is 0.229. The van der Waals surface area contributed by atoms with Crippen LogP contribution in [0.2, 0.25) is 0 Å². The van der Waals surface area contributed by atoms with Gasteiger partial charge < -0.3 is 10.6 Å². The van der Waals surface area contributed by atoms with Crippen LogP contribution < -0.4 is 5.73 Å². The van der Waals surface area contributed by atoms with Crippen molar-refractivity contribution in [1.29, 1.82) is 0 Å². The molecule has 2 rings (SSSR count). The molecule has 1 aliphatic heterocycles. The molecule has 2 aliphatic rings. The van der Waals surface area contributed by atoms with Gasteiger partial charge in [-0.2, -0.15) is 0 Å². The lowest BCUT2D eigenvalue weighted by atomic mass is 9.80. The van der Waals surface area contributed by atoms with Crippen LogP contribution in [0.3, 0.4) is 0 Å². The molecule has 1 aliphatic carbocycles. The van der Waals surface area contributed by atoms with Crippen LogP contribution in [0.5, 0.6) is 0 Å². The van der Waals surface area contributed by atoms with Gasteiger partial charge in [-0.05, 0) is 23.7 Å². The number of amides is 1. The first-order valence-corrected chi connectivity index (χ1v) is 7.40. The van der Waals surface area contributed by atoms with E-state index in [1.807, 2.05) is 4.90 Å². The van der Waals surface area contributed by atoms with Crippen LogP contribution in [0.15, 0.2) is 0 Å². The summed E-state index contributed by atoms with van der Waals surface area (Å²) in [5.74, 6) is 1.26. The number of carbonyl (C=O) groups is 1. The van der Waals surface area contributed by atoms with Gasteiger partial charge in [-0.25, -0.2) is 0 Å². The Morgan fingerprint density at radius 1 is 1.53 bits per heavy atom. The molecule has 98 valence electrons. The molecule has 1 heterocycles. The topological polar surface area (TPSA) is 46.3 Å². The predicted octanol–water partition coefficient (Wildman–Crippen LogP) is 1.99. The van der Waals surface area contributed by atoms with Crippen LogP contribution in [0.1, 0.15) is 33.6 Å². The minimum atomic E-state index is 0.229. The Hall–Kier alpha value is -0.0900. The highest BCUT2D eigenvalue weighted by molar-refractivity contribution is 9.09. The average Bonchev–Trinajstić information content (AvgIpc) is 2.59. The molecule has 1 amide bonds. The van der Waals surface area contributed by atoms with Gasteiger partial charge in [0.2, 0.25) is 5.91 Å². The quantitative estimate of drug-likeness (QED) is 0.793. The van der Waals surface area contributed by atoms with Crippen LogP contribution >= 0.6 is 15.9 Å². The van der Waals surface area contributed by atoms with Crippen LogP contribution in [0, 0.1) is 17.3 Å². The molecule has 2 fully saturated rings. The first-order chi connectivity index (χ1) is 7.81. The second kappa shape index (κ2) is 4.54. The molecular weight excluding hydrogens is 280 g/mol. The molecule has 4 atom stereocenters. The number of hydrogen-bond donors (Lipinski definition) is 1. The summed E-state index contributed by atoms with van der Waals surface area (Å²) in [6.07, 6.45) is 1.80. The van der Waals surface area contributed by atoms with Crippen molar-refractivity contribution < 1.29 is 4.79 Å². The maximum Gasteiger partial charge on any atom is 0.223 e. The van der Waals surface area contributed by atoms with E-state index in [4.69, 9.17) is 5.73 Å². The lowest BCUT2D eigenvalue weighted by Crippen LogP contribution is -2.43. The summed E-state index contributed by atoms with van der Waals surface area (Å²) >= 11 is 3.53. The normalized spacial score (nSPS) is 41.2. The van der Waals surface area contributed by atoms with Crippen molar-refractivity contribution in [2.45, 2.75) is 44.5 Å². The third-order valence-electron chi connectivity index (χ3n) is 4.56. The van der Waals surface area contributed by atoms with Gasteiger partial charge in [0.15, 0.2) is 0 Å². The fraction of sp³-hybridized carbons (Fsp3) is 0.923. The standard InChI is InChI=1S/C13H23BrN2O/c1-8-5-13(2,3)10(12(8)15)7-16-6-9(14)4-11(16)17/h8-10,12H,4-7,15H2,1-3H3. The smallest absolute Gasteiger partial charge is 0.223 e. The summed E-state index contributed by atoms with van der Waals surface area (Å²) in [6, 6.07) is 0.229. The summed E-state index contributed by atoms with van der Waals surface area (Å²) in [4.78, 5) is 14.1. The van der Waals surface area contributed by atoms with Gasteiger partial charge in [0.25, 0.3) is 0 Å². The fourth-order valence-corrected chi connectivity index (χ4v) is 4.17. The van der Waals surface area contributed by atoms with Crippen LogP contribution in [0.25, 0.3) is 0 Å². The zero-order valence-electron chi connectivity index (χ0n) is 10.9. The maximum absolute atomic E-state index is 11.8. The number of likely N-dealkylation sites (tertiary alicyclic amines) is 1. The van der Waals surface area contributed by atoms with Gasteiger partial charge in [-0.1, -0.05) is 36.7 Å². The van der Waals surface area contributed by atoms with Crippen LogP contribution in [-0.4, -0.2) is 34.8 Å². The van der Waals surface area contributed by atoms with E-state index in [0.717, 1.165) is 13.1 Å². The number of rotatable bonds is 2. The Bertz CT molecular complexity index is 319. The summed E-state index contributed by atoms with van der Waals surface area (Å²) in [5.41, 5.74) is 6.56. The van der Waals surface area contributed by atoms with E-state index in [1.54, 1.807) is 0 Å². The zero-order valence-corrected chi connectivity index (χ0v) is 12.5. The van der Waals surface area contributed by atoms with Crippen molar-refractivity contribution in [2.24, 2.45) is 23.0 Å². The Kier molecular flexibility index (Phi) is 3.56.